The van der Waals surface area contributed by atoms with Crippen LogP contribution in [-0.4, -0.2) is 132 Å². The highest BCUT2D eigenvalue weighted by Crippen LogP contribution is 2.42. The number of fused-ring (bicyclic) bond motifs is 5. The minimum absolute atomic E-state index is 0.0848. The van der Waals surface area contributed by atoms with Gasteiger partial charge in [0.05, 0.1) is 80.5 Å². The number of benzene rings is 5. The first-order chi connectivity index (χ1) is 67.3. The number of nitrogens with zero attached hydrogens (tertiary/aromatic N) is 12. The number of hydrogen-bond acceptors (Lipinski definition) is 32. The van der Waals surface area contributed by atoms with Crippen molar-refractivity contribution in [3.63, 3.8) is 0 Å². The molecule has 0 bridgehead atoms. The fraction of sp³-hybridized carbons (Fsp3) is 0.242. The Morgan fingerprint density at radius 1 is 0.404 bits per heavy atom. The quantitative estimate of drug-likeness (QED) is 0.0188. The molecule has 2 unspecified atom stereocenters. The second-order valence-electron chi connectivity index (χ2n) is 32.6. The van der Waals surface area contributed by atoms with Crippen molar-refractivity contribution >= 4 is 199 Å². The van der Waals surface area contributed by atoms with E-state index in [2.05, 4.69) is 87.5 Å². The second-order valence-corrected chi connectivity index (χ2v) is 40.5. The first kappa shape index (κ1) is 104. The van der Waals surface area contributed by atoms with Crippen LogP contribution in [0.5, 0.6) is 11.6 Å². The Hall–Kier alpha value is -14.1. The number of anilines is 5. The van der Waals surface area contributed by atoms with Crippen LogP contribution >= 0.6 is 79.9 Å². The van der Waals surface area contributed by atoms with Gasteiger partial charge in [-0.2, -0.15) is 25.5 Å². The molecule has 12 aromatic heterocycles. The highest BCUT2D eigenvalue weighted by molar-refractivity contribution is 7.92. The molecule has 0 saturated carbocycles. The number of thiophene rings is 5. The van der Waals surface area contributed by atoms with Crippen molar-refractivity contribution in [1.82, 2.24) is 87.5 Å². The van der Waals surface area contributed by atoms with Crippen molar-refractivity contribution in [3.05, 3.63) is 276 Å². The van der Waals surface area contributed by atoms with Crippen LogP contribution in [0.2, 0.25) is 10.2 Å². The van der Waals surface area contributed by atoms with Crippen molar-refractivity contribution < 1.29 is 55.4 Å². The smallest absolute Gasteiger partial charge is 0.263 e. The summed E-state index contributed by atoms with van der Waals surface area (Å²) < 4.78 is 66.2. The maximum absolute atomic E-state index is 13.3. The molecular formula is C99H100Cl2F2N22O10S6. The lowest BCUT2D eigenvalue weighted by Crippen LogP contribution is -2.22. The summed E-state index contributed by atoms with van der Waals surface area (Å²) >= 11 is 18.2. The van der Waals surface area contributed by atoms with Gasteiger partial charge in [-0.1, -0.05) is 114 Å². The fourth-order valence-corrected chi connectivity index (χ4v) is 21.0. The zero-order valence-corrected chi connectivity index (χ0v) is 85.7. The molecular weight excluding hydrogens is 1960 g/mol. The Morgan fingerprint density at radius 3 is 1.05 bits per heavy atom. The van der Waals surface area contributed by atoms with E-state index in [9.17, 15) is 41.2 Å². The standard InChI is InChI=1S/C22H20ClN5OS.C22H21N5O2S.C19H22N4O3S.C18H18ClFN4O3S2.C18H19FN4OS/c1-11-8-16(10-25-20(11)23)15-6-4-14(5-7-15)9-26-21(29)19-18(24)17-12(2)13(3)27-28-22(17)30-19;1-12-13(2)26-27-22-17(12)18(23)19(30-22)20(28)25-11-14-6-8-15(9-7-14)16-5-4-10-24-21(16)29-3;1-11-12(2)22-23-19-15(11)16(20)17(27-19)18(24)21-10-13-4-6-14(7-5-13)26-9-8-25-3;1-8-9(2)23-24-18-14(8)15(21)16(28-18)17(25)22-7-11-4-5-13(12(19)6-11)29(26,27)10(3)20;1-9-11(3)22-23-18-14(9)15(20)16(25-18)17(24)21-8-12-4-6-13(7-5-12)10(2)19/h4-8,10H,9,24H2,1-3H3,(H,26,29);4-10H,11,23H2,1-3H3,(H,25,28);4-7H,8-10,20H2,1-3H3,(H,21,24);4-6,10H,7,21H2,1-3H3,(H,22,25);4-7,10H,8,20H2,1-3H3,(H,21,24). The first-order valence-electron chi connectivity index (χ1n) is 43.7. The van der Waals surface area contributed by atoms with E-state index in [1.54, 1.807) is 50.9 Å². The zero-order chi connectivity index (χ0) is 102. The monoisotopic (exact) mass is 2060 g/mol. The number of alkyl halides is 2. The summed E-state index contributed by atoms with van der Waals surface area (Å²) in [7, 11) is -0.907. The van der Waals surface area contributed by atoms with E-state index >= 15 is 0 Å². The lowest BCUT2D eigenvalue weighted by molar-refractivity contribution is 0.0947. The van der Waals surface area contributed by atoms with E-state index in [4.69, 9.17) is 66.1 Å². The molecule has 17 rings (SSSR count). The van der Waals surface area contributed by atoms with Gasteiger partial charge in [0.1, 0.15) is 72.2 Å². The Bertz CT molecular complexity index is 7700. The van der Waals surface area contributed by atoms with Crippen molar-refractivity contribution in [2.75, 3.05) is 56.1 Å². The Kier molecular flexibility index (Phi) is 33.9. The van der Waals surface area contributed by atoms with Crippen LogP contribution in [0.1, 0.15) is 164 Å². The van der Waals surface area contributed by atoms with Gasteiger partial charge in [-0.05, 0) is 210 Å². The highest BCUT2D eigenvalue weighted by atomic mass is 35.5. The minimum atomic E-state index is -4.14. The minimum Gasteiger partial charge on any atom is -0.491 e. The van der Waals surface area contributed by atoms with Crippen molar-refractivity contribution in [2.24, 2.45) is 0 Å². The summed E-state index contributed by atoms with van der Waals surface area (Å²) in [5.41, 5.74) is 49.6. The number of ether oxygens (including phenoxy) is 3. The van der Waals surface area contributed by atoms with Gasteiger partial charge in [0, 0.05) is 90.3 Å². The number of nitrogen functional groups attached to an aromatic ring is 5. The van der Waals surface area contributed by atoms with Crippen LogP contribution in [0.25, 0.3) is 73.3 Å². The maximum atomic E-state index is 13.3. The fourth-order valence-electron chi connectivity index (χ4n) is 14.4. The summed E-state index contributed by atoms with van der Waals surface area (Å²) in [6.07, 6.45) is 2.44. The van der Waals surface area contributed by atoms with Gasteiger partial charge in [0.15, 0.2) is 0 Å². The lowest BCUT2D eigenvalue weighted by Gasteiger charge is -2.10. The van der Waals surface area contributed by atoms with Crippen molar-refractivity contribution in [3.8, 4) is 33.9 Å². The largest absolute Gasteiger partial charge is 0.491 e. The van der Waals surface area contributed by atoms with E-state index in [-0.39, 0.29) is 40.1 Å². The summed E-state index contributed by atoms with van der Waals surface area (Å²) in [6.45, 7) is 25.9. The molecule has 730 valence electrons. The number of nitrogens with two attached hydrogens (primary N) is 5. The number of carbonyl (C=O) groups excluding carboxylic acids is 5. The number of methoxy groups -OCH3 is 2. The maximum Gasteiger partial charge on any atom is 0.263 e. The number of sulfone groups is 1. The molecule has 42 heteroatoms. The SMILES string of the molecule is COCCOc1ccc(CNC(=O)c2sc3nnc(C)c(C)c3c2N)cc1.COc1ncccc1-c1ccc(CNC(=O)c2sc3nnc(C)c(C)c3c2N)cc1.Cc1cc(-c2ccc(CNC(=O)c3sc4nnc(C)c(C)c4c3N)cc2)cnc1Cl.Cc1nnc2sc(C(=O)NCc3ccc(C(C)F)cc3)c(N)c2c1C.Cc1nnc2sc(C(=O)NCc3ccc(S(=O)(=O)C(C)F)c(Cl)c3)c(N)c2c1C. The summed E-state index contributed by atoms with van der Waals surface area (Å²) in [4.78, 5) is 76.7. The van der Waals surface area contributed by atoms with Crippen LogP contribution in [-0.2, 0) is 47.3 Å². The number of rotatable bonds is 25. The molecule has 0 radical (unpaired) electrons. The molecule has 15 N–H and O–H groups in total. The van der Waals surface area contributed by atoms with Crippen LogP contribution in [0.4, 0.5) is 37.2 Å². The van der Waals surface area contributed by atoms with Gasteiger partial charge < -0.3 is 69.5 Å². The van der Waals surface area contributed by atoms with Crippen molar-refractivity contribution in [2.45, 2.75) is 139 Å². The number of aromatic nitrogens is 12. The zero-order valence-electron chi connectivity index (χ0n) is 79.3. The van der Waals surface area contributed by atoms with Gasteiger partial charge in [-0.15, -0.1) is 82.2 Å². The molecule has 0 saturated heterocycles. The Morgan fingerprint density at radius 2 is 0.730 bits per heavy atom. The predicted octanol–water partition coefficient (Wildman–Crippen LogP) is 19.0. The second kappa shape index (κ2) is 45.9. The van der Waals surface area contributed by atoms with E-state index < -0.39 is 27.4 Å². The molecule has 0 spiro atoms. The topological polar surface area (TPSA) is 492 Å². The van der Waals surface area contributed by atoms with Crippen LogP contribution in [0.15, 0.2) is 151 Å². The molecule has 2 atom stereocenters. The average molecular weight is 2060 g/mol. The molecule has 0 aliphatic rings. The third-order valence-corrected chi connectivity index (χ3v) is 31.2. The third kappa shape index (κ3) is 24.0. The molecule has 0 fully saturated rings. The number of aryl methyl sites for hydroxylation is 11. The number of amides is 5. The molecule has 141 heavy (non-hydrogen) atoms. The number of hydrogen-bond donors (Lipinski definition) is 10. The van der Waals surface area contributed by atoms with Gasteiger partial charge in [0.2, 0.25) is 21.2 Å². The van der Waals surface area contributed by atoms with Gasteiger partial charge in [0.25, 0.3) is 29.5 Å². The van der Waals surface area contributed by atoms with Crippen molar-refractivity contribution in [1.29, 1.82) is 0 Å². The number of pyridine rings is 2. The van der Waals surface area contributed by atoms with Crippen LogP contribution < -0.4 is 64.7 Å². The molecule has 5 aromatic carbocycles. The molecule has 0 aliphatic carbocycles. The lowest BCUT2D eigenvalue weighted by atomic mass is 10.0. The molecule has 0 aliphatic heterocycles. The van der Waals surface area contributed by atoms with Gasteiger partial charge in [-0.25, -0.2) is 27.2 Å². The number of nitrogens with one attached hydrogen (secondary N) is 5. The third-order valence-electron chi connectivity index (χ3n) is 23.2. The van der Waals surface area contributed by atoms with Crippen LogP contribution in [0.3, 0.4) is 0 Å². The molecule has 32 nitrogen and oxygen atoms in total. The summed E-state index contributed by atoms with van der Waals surface area (Å²) in [5, 5.41) is 59.9. The average Bonchev–Trinajstić information content (AvgIpc) is 1.63. The molecule has 12 heterocycles. The Balaban J connectivity index is 0.000000148. The Labute approximate surface area is 840 Å². The van der Waals surface area contributed by atoms with E-state index in [1.165, 1.54) is 70.5 Å². The van der Waals surface area contributed by atoms with E-state index in [0.29, 0.717) is 144 Å². The molecule has 5 amide bonds. The first-order valence-corrected chi connectivity index (χ1v) is 50.1. The van der Waals surface area contributed by atoms with Gasteiger partial charge >= 0.3 is 0 Å². The van der Waals surface area contributed by atoms with E-state index in [0.717, 1.165) is 152 Å². The number of carbonyl (C=O) groups is 5. The van der Waals surface area contributed by atoms with E-state index in [1.807, 2.05) is 167 Å². The normalized spacial score (nSPS) is 11.6. The molecule has 17 aromatic rings. The summed E-state index contributed by atoms with van der Waals surface area (Å²) in [6, 6.07) is 40.4. The summed E-state index contributed by atoms with van der Waals surface area (Å²) in [5.74, 6) is 0.0497. The highest BCUT2D eigenvalue weighted by Gasteiger charge is 2.29. The predicted molar refractivity (Wildman–Crippen MR) is 557 cm³/mol. The number of halogens is 4. The van der Waals surface area contributed by atoms with Crippen LogP contribution in [0, 0.1) is 76.2 Å². The van der Waals surface area contributed by atoms with Gasteiger partial charge in [-0.3, -0.25) is 24.0 Å².